The molecule has 0 aliphatic rings. The van der Waals surface area contributed by atoms with Crippen LogP contribution in [0.5, 0.6) is 5.88 Å². The fourth-order valence-electron chi connectivity index (χ4n) is 2.20. The molecule has 2 heterocycles. The van der Waals surface area contributed by atoms with Crippen LogP contribution in [0.3, 0.4) is 0 Å². The van der Waals surface area contributed by atoms with Gasteiger partial charge in [-0.15, -0.1) is 4.91 Å². The molecule has 100 valence electrons. The first-order chi connectivity index (χ1) is 9.70. The smallest absolute Gasteiger partial charge is 0.222 e. The van der Waals surface area contributed by atoms with Gasteiger partial charge >= 0.3 is 0 Å². The SMILES string of the molecule is O=Nc1c(O)n(Cc2ccccn2)c2ccc(Cl)cc12. The van der Waals surface area contributed by atoms with E-state index in [-0.39, 0.29) is 11.6 Å². The fourth-order valence-corrected chi connectivity index (χ4v) is 2.37. The molecule has 0 aliphatic carbocycles. The van der Waals surface area contributed by atoms with E-state index in [9.17, 15) is 10.0 Å². The van der Waals surface area contributed by atoms with E-state index in [0.29, 0.717) is 22.5 Å². The molecule has 0 spiro atoms. The second-order valence-electron chi connectivity index (χ2n) is 4.33. The number of rotatable bonds is 3. The summed E-state index contributed by atoms with van der Waals surface area (Å²) in [5.74, 6) is -0.178. The number of pyridine rings is 1. The Bertz CT molecular complexity index is 784. The van der Waals surface area contributed by atoms with E-state index < -0.39 is 0 Å². The van der Waals surface area contributed by atoms with E-state index in [1.54, 1.807) is 29.0 Å². The molecule has 0 radical (unpaired) electrons. The number of benzene rings is 1. The molecule has 0 fully saturated rings. The van der Waals surface area contributed by atoms with Crippen LogP contribution in [0.1, 0.15) is 5.69 Å². The van der Waals surface area contributed by atoms with Crippen LogP contribution >= 0.6 is 11.6 Å². The summed E-state index contributed by atoms with van der Waals surface area (Å²) in [7, 11) is 0. The van der Waals surface area contributed by atoms with Crippen LogP contribution < -0.4 is 0 Å². The third-order valence-corrected chi connectivity index (χ3v) is 3.34. The Hall–Kier alpha value is -2.40. The van der Waals surface area contributed by atoms with E-state index in [2.05, 4.69) is 10.2 Å². The third-order valence-electron chi connectivity index (χ3n) is 3.11. The van der Waals surface area contributed by atoms with Crippen molar-refractivity contribution in [2.45, 2.75) is 6.54 Å². The number of nitroso groups, excluding NO2 is 1. The Kier molecular flexibility index (Phi) is 3.12. The summed E-state index contributed by atoms with van der Waals surface area (Å²) >= 11 is 5.92. The Morgan fingerprint density at radius 1 is 1.30 bits per heavy atom. The number of halogens is 1. The monoisotopic (exact) mass is 287 g/mol. The van der Waals surface area contributed by atoms with Crippen molar-refractivity contribution < 1.29 is 5.11 Å². The number of nitrogens with zero attached hydrogens (tertiary/aromatic N) is 3. The minimum absolute atomic E-state index is 0.00145. The van der Waals surface area contributed by atoms with Crippen molar-refractivity contribution in [3.63, 3.8) is 0 Å². The van der Waals surface area contributed by atoms with Gasteiger partial charge in [-0.3, -0.25) is 4.98 Å². The van der Waals surface area contributed by atoms with Crippen LogP contribution in [0.4, 0.5) is 5.69 Å². The van der Waals surface area contributed by atoms with E-state index in [1.807, 2.05) is 18.2 Å². The number of aromatic nitrogens is 2. The first kappa shape index (κ1) is 12.6. The van der Waals surface area contributed by atoms with Crippen LogP contribution in [0.2, 0.25) is 5.02 Å². The predicted molar refractivity (Wildman–Crippen MR) is 77.4 cm³/mol. The summed E-state index contributed by atoms with van der Waals surface area (Å²) in [6.07, 6.45) is 1.67. The van der Waals surface area contributed by atoms with Gasteiger partial charge in [-0.2, -0.15) is 0 Å². The van der Waals surface area contributed by atoms with Gasteiger partial charge in [0.25, 0.3) is 0 Å². The summed E-state index contributed by atoms with van der Waals surface area (Å²) in [5.41, 5.74) is 1.46. The van der Waals surface area contributed by atoms with Gasteiger partial charge in [0, 0.05) is 16.6 Å². The lowest BCUT2D eigenvalue weighted by atomic mass is 10.2. The van der Waals surface area contributed by atoms with Gasteiger partial charge in [0.15, 0.2) is 5.69 Å². The lowest BCUT2D eigenvalue weighted by Crippen LogP contribution is -2.00. The highest BCUT2D eigenvalue weighted by Gasteiger charge is 2.18. The minimum Gasteiger partial charge on any atom is -0.493 e. The van der Waals surface area contributed by atoms with E-state index >= 15 is 0 Å². The average Bonchev–Trinajstić information content (AvgIpc) is 2.71. The Morgan fingerprint density at radius 2 is 2.15 bits per heavy atom. The molecule has 0 amide bonds. The topological polar surface area (TPSA) is 67.5 Å². The van der Waals surface area contributed by atoms with Gasteiger partial charge in [0.05, 0.1) is 17.8 Å². The molecule has 2 aromatic heterocycles. The van der Waals surface area contributed by atoms with Gasteiger partial charge in [0.2, 0.25) is 5.88 Å². The molecule has 3 aromatic rings. The summed E-state index contributed by atoms with van der Waals surface area (Å²) in [6, 6.07) is 10.6. The van der Waals surface area contributed by atoms with Crippen molar-refractivity contribution in [3.8, 4) is 5.88 Å². The number of aromatic hydroxyl groups is 1. The highest BCUT2D eigenvalue weighted by atomic mass is 35.5. The molecule has 3 rings (SSSR count). The van der Waals surface area contributed by atoms with Gasteiger partial charge in [0.1, 0.15) is 0 Å². The van der Waals surface area contributed by atoms with E-state index in [1.165, 1.54) is 0 Å². The molecule has 0 saturated carbocycles. The Balaban J connectivity index is 2.20. The number of hydrogen-bond donors (Lipinski definition) is 1. The van der Waals surface area contributed by atoms with Crippen LogP contribution in [0.15, 0.2) is 47.8 Å². The zero-order valence-corrected chi connectivity index (χ0v) is 11.1. The first-order valence-corrected chi connectivity index (χ1v) is 6.32. The van der Waals surface area contributed by atoms with Gasteiger partial charge in [-0.05, 0) is 35.5 Å². The zero-order valence-electron chi connectivity index (χ0n) is 10.3. The maximum atomic E-state index is 10.9. The van der Waals surface area contributed by atoms with Crippen molar-refractivity contribution in [2.75, 3.05) is 0 Å². The quantitative estimate of drug-likeness (QED) is 0.744. The van der Waals surface area contributed by atoms with Crippen LogP contribution in [-0.4, -0.2) is 14.7 Å². The molecule has 0 saturated heterocycles. The zero-order chi connectivity index (χ0) is 14.1. The molecule has 20 heavy (non-hydrogen) atoms. The lowest BCUT2D eigenvalue weighted by molar-refractivity contribution is 0.429. The largest absolute Gasteiger partial charge is 0.493 e. The molecule has 0 atom stereocenters. The standard InChI is InChI=1S/C14H10ClN3O2/c15-9-4-5-12-11(7-9)13(17-20)14(19)18(12)8-10-3-1-2-6-16-10/h1-7,19H,8H2. The minimum atomic E-state index is -0.178. The molecule has 5 nitrogen and oxygen atoms in total. The predicted octanol–water partition coefficient (Wildman–Crippen LogP) is 3.84. The van der Waals surface area contributed by atoms with Gasteiger partial charge in [-0.25, -0.2) is 0 Å². The normalized spacial score (nSPS) is 10.8. The second kappa shape index (κ2) is 4.94. The highest BCUT2D eigenvalue weighted by molar-refractivity contribution is 6.31. The Labute approximate surface area is 119 Å². The molecule has 0 unspecified atom stereocenters. The third kappa shape index (κ3) is 2.02. The second-order valence-corrected chi connectivity index (χ2v) is 4.77. The maximum Gasteiger partial charge on any atom is 0.222 e. The molecule has 6 heteroatoms. The van der Waals surface area contributed by atoms with Crippen molar-refractivity contribution in [2.24, 2.45) is 5.18 Å². The molecule has 1 aromatic carbocycles. The number of fused-ring (bicyclic) bond motifs is 1. The van der Waals surface area contributed by atoms with E-state index in [0.717, 1.165) is 5.69 Å². The van der Waals surface area contributed by atoms with Crippen LogP contribution in [-0.2, 0) is 6.54 Å². The van der Waals surface area contributed by atoms with Crippen molar-refractivity contribution >= 4 is 28.2 Å². The average molecular weight is 288 g/mol. The number of hydrogen-bond acceptors (Lipinski definition) is 4. The van der Waals surface area contributed by atoms with Crippen molar-refractivity contribution in [1.82, 2.24) is 9.55 Å². The lowest BCUT2D eigenvalue weighted by Gasteiger charge is -2.06. The van der Waals surface area contributed by atoms with E-state index in [4.69, 9.17) is 11.6 Å². The van der Waals surface area contributed by atoms with Gasteiger partial charge < -0.3 is 9.67 Å². The van der Waals surface area contributed by atoms with Crippen molar-refractivity contribution in [1.29, 1.82) is 0 Å². The first-order valence-electron chi connectivity index (χ1n) is 5.94. The summed E-state index contributed by atoms with van der Waals surface area (Å²) in [4.78, 5) is 15.1. The molecule has 0 bridgehead atoms. The summed E-state index contributed by atoms with van der Waals surface area (Å²) in [6.45, 7) is 0.348. The molecule has 1 N–H and O–H groups in total. The van der Waals surface area contributed by atoms with Crippen LogP contribution in [0.25, 0.3) is 10.9 Å². The molecular weight excluding hydrogens is 278 g/mol. The highest BCUT2D eigenvalue weighted by Crippen LogP contribution is 2.39. The fraction of sp³-hybridized carbons (Fsp3) is 0.0714. The summed E-state index contributed by atoms with van der Waals surface area (Å²) in [5, 5.41) is 14.1. The summed E-state index contributed by atoms with van der Waals surface area (Å²) < 4.78 is 1.59. The van der Waals surface area contributed by atoms with Gasteiger partial charge in [-0.1, -0.05) is 17.7 Å². The van der Waals surface area contributed by atoms with Crippen LogP contribution in [0, 0.1) is 4.91 Å². The van der Waals surface area contributed by atoms with Crippen molar-refractivity contribution in [3.05, 3.63) is 58.2 Å². The molecule has 0 aliphatic heterocycles. The molecular formula is C14H10ClN3O2. The maximum absolute atomic E-state index is 10.9. The Morgan fingerprint density at radius 3 is 2.85 bits per heavy atom.